The molecule has 25 heavy (non-hydrogen) atoms. The standard InChI is InChI=1S/C18H18BrNO5/c1-11(17(21)20-13-9-7-12(19)8-10-13)25-18(22)16-14(23-2)5-4-6-15(16)24-3/h4-11H,1-3H3,(H,20,21). The molecule has 6 nitrogen and oxygen atoms in total. The normalized spacial score (nSPS) is 11.4. The molecule has 0 aromatic heterocycles. The van der Waals surface area contributed by atoms with Gasteiger partial charge in [0.1, 0.15) is 17.1 Å². The highest BCUT2D eigenvalue weighted by Crippen LogP contribution is 2.29. The van der Waals surface area contributed by atoms with Crippen LogP contribution in [0.2, 0.25) is 0 Å². The Morgan fingerprint density at radius 3 is 2.08 bits per heavy atom. The first-order valence-electron chi connectivity index (χ1n) is 7.44. The molecule has 0 spiro atoms. The van der Waals surface area contributed by atoms with Gasteiger partial charge < -0.3 is 19.5 Å². The number of hydrogen-bond donors (Lipinski definition) is 1. The van der Waals surface area contributed by atoms with Gasteiger partial charge in [-0.2, -0.15) is 0 Å². The molecule has 1 unspecified atom stereocenters. The van der Waals surface area contributed by atoms with Gasteiger partial charge in [0.25, 0.3) is 5.91 Å². The summed E-state index contributed by atoms with van der Waals surface area (Å²) in [6, 6.07) is 12.0. The van der Waals surface area contributed by atoms with Crippen LogP contribution in [0.4, 0.5) is 5.69 Å². The van der Waals surface area contributed by atoms with Crippen LogP contribution in [-0.4, -0.2) is 32.2 Å². The summed E-state index contributed by atoms with van der Waals surface area (Å²) in [5.41, 5.74) is 0.738. The Balaban J connectivity index is 2.09. The van der Waals surface area contributed by atoms with Crippen molar-refractivity contribution in [3.8, 4) is 11.5 Å². The molecule has 1 amide bonds. The number of nitrogens with one attached hydrogen (secondary N) is 1. The van der Waals surface area contributed by atoms with Crippen molar-refractivity contribution in [2.75, 3.05) is 19.5 Å². The maximum atomic E-state index is 12.4. The highest BCUT2D eigenvalue weighted by Gasteiger charge is 2.24. The number of anilines is 1. The Morgan fingerprint density at radius 1 is 1.00 bits per heavy atom. The average Bonchev–Trinajstić information content (AvgIpc) is 2.62. The molecular weight excluding hydrogens is 390 g/mol. The Labute approximate surface area is 154 Å². The second-order valence-electron chi connectivity index (χ2n) is 5.08. The number of halogens is 1. The highest BCUT2D eigenvalue weighted by molar-refractivity contribution is 9.10. The fourth-order valence-electron chi connectivity index (χ4n) is 2.10. The minimum atomic E-state index is -0.995. The molecule has 0 aliphatic carbocycles. The van der Waals surface area contributed by atoms with E-state index < -0.39 is 18.0 Å². The molecular formula is C18H18BrNO5. The third-order valence-corrected chi connectivity index (χ3v) is 3.93. The van der Waals surface area contributed by atoms with E-state index in [9.17, 15) is 9.59 Å². The lowest BCUT2D eigenvalue weighted by Crippen LogP contribution is -2.30. The van der Waals surface area contributed by atoms with E-state index in [1.807, 2.05) is 0 Å². The van der Waals surface area contributed by atoms with Crippen LogP contribution < -0.4 is 14.8 Å². The monoisotopic (exact) mass is 407 g/mol. The van der Waals surface area contributed by atoms with E-state index in [0.29, 0.717) is 17.2 Å². The minimum Gasteiger partial charge on any atom is -0.496 e. The Hall–Kier alpha value is -2.54. The van der Waals surface area contributed by atoms with Crippen molar-refractivity contribution in [2.24, 2.45) is 0 Å². The summed E-state index contributed by atoms with van der Waals surface area (Å²) in [7, 11) is 2.88. The Kier molecular flexibility index (Phi) is 6.41. The molecule has 1 atom stereocenters. The molecule has 0 saturated carbocycles. The van der Waals surface area contributed by atoms with Crippen LogP contribution in [0.15, 0.2) is 46.9 Å². The summed E-state index contributed by atoms with van der Waals surface area (Å²) < 4.78 is 16.5. The zero-order valence-corrected chi connectivity index (χ0v) is 15.6. The lowest BCUT2D eigenvalue weighted by molar-refractivity contribution is -0.123. The maximum absolute atomic E-state index is 12.4. The van der Waals surface area contributed by atoms with Crippen LogP contribution in [0.25, 0.3) is 0 Å². The number of amides is 1. The lowest BCUT2D eigenvalue weighted by Gasteiger charge is -2.16. The minimum absolute atomic E-state index is 0.135. The average molecular weight is 408 g/mol. The molecule has 0 aliphatic heterocycles. The van der Waals surface area contributed by atoms with E-state index >= 15 is 0 Å². The van der Waals surface area contributed by atoms with Gasteiger partial charge in [-0.25, -0.2) is 4.79 Å². The zero-order chi connectivity index (χ0) is 18.4. The van der Waals surface area contributed by atoms with Gasteiger partial charge in [-0.05, 0) is 43.3 Å². The number of carbonyl (C=O) groups excluding carboxylic acids is 2. The third-order valence-electron chi connectivity index (χ3n) is 3.40. The second-order valence-corrected chi connectivity index (χ2v) is 6.00. The first kappa shape index (κ1) is 18.8. The summed E-state index contributed by atoms with van der Waals surface area (Å²) in [4.78, 5) is 24.7. The fourth-order valence-corrected chi connectivity index (χ4v) is 2.37. The number of ether oxygens (including phenoxy) is 3. The van der Waals surface area contributed by atoms with Gasteiger partial charge in [0.05, 0.1) is 14.2 Å². The second kappa shape index (κ2) is 8.53. The molecule has 2 rings (SSSR count). The summed E-state index contributed by atoms with van der Waals surface area (Å²) >= 11 is 3.32. The first-order chi connectivity index (χ1) is 12.0. The number of rotatable bonds is 6. The van der Waals surface area contributed by atoms with Gasteiger partial charge in [0.2, 0.25) is 0 Å². The summed E-state index contributed by atoms with van der Waals surface area (Å²) in [6.45, 7) is 1.49. The van der Waals surface area contributed by atoms with Crippen LogP contribution in [-0.2, 0) is 9.53 Å². The van der Waals surface area contributed by atoms with E-state index in [1.165, 1.54) is 21.1 Å². The molecule has 0 saturated heterocycles. The van der Waals surface area contributed by atoms with Gasteiger partial charge in [-0.3, -0.25) is 4.79 Å². The number of carbonyl (C=O) groups is 2. The molecule has 2 aromatic carbocycles. The lowest BCUT2D eigenvalue weighted by atomic mass is 10.1. The molecule has 7 heteroatoms. The molecule has 1 N–H and O–H groups in total. The van der Waals surface area contributed by atoms with Crippen molar-refractivity contribution in [3.63, 3.8) is 0 Å². The molecule has 132 valence electrons. The number of hydrogen-bond acceptors (Lipinski definition) is 5. The first-order valence-corrected chi connectivity index (χ1v) is 8.24. The van der Waals surface area contributed by atoms with Crippen LogP contribution >= 0.6 is 15.9 Å². The van der Waals surface area contributed by atoms with E-state index in [0.717, 1.165) is 4.47 Å². The van der Waals surface area contributed by atoms with E-state index in [-0.39, 0.29) is 5.56 Å². The summed E-state index contributed by atoms with van der Waals surface area (Å²) in [6.07, 6.45) is -0.995. The maximum Gasteiger partial charge on any atom is 0.346 e. The summed E-state index contributed by atoms with van der Waals surface area (Å²) in [5, 5.41) is 2.68. The Bertz CT molecular complexity index is 738. The van der Waals surface area contributed by atoms with Gasteiger partial charge in [0.15, 0.2) is 6.10 Å². The number of esters is 1. The Morgan fingerprint density at radius 2 is 1.56 bits per heavy atom. The third kappa shape index (κ3) is 4.73. The van der Waals surface area contributed by atoms with Gasteiger partial charge in [0, 0.05) is 10.2 Å². The van der Waals surface area contributed by atoms with E-state index in [1.54, 1.807) is 42.5 Å². The van der Waals surface area contributed by atoms with E-state index in [2.05, 4.69) is 21.2 Å². The van der Waals surface area contributed by atoms with Crippen LogP contribution in [0, 0.1) is 0 Å². The van der Waals surface area contributed by atoms with Gasteiger partial charge >= 0.3 is 5.97 Å². The quantitative estimate of drug-likeness (QED) is 0.739. The van der Waals surface area contributed by atoms with Crippen molar-refractivity contribution in [3.05, 3.63) is 52.5 Å². The van der Waals surface area contributed by atoms with Crippen molar-refractivity contribution in [2.45, 2.75) is 13.0 Å². The smallest absolute Gasteiger partial charge is 0.346 e. The predicted molar refractivity (Wildman–Crippen MR) is 97.2 cm³/mol. The summed E-state index contributed by atoms with van der Waals surface area (Å²) in [5.74, 6) is -0.521. The topological polar surface area (TPSA) is 73.9 Å². The van der Waals surface area contributed by atoms with Crippen LogP contribution in [0.1, 0.15) is 17.3 Å². The molecule has 0 heterocycles. The van der Waals surface area contributed by atoms with Gasteiger partial charge in [-0.15, -0.1) is 0 Å². The molecule has 0 aliphatic rings. The van der Waals surface area contributed by atoms with Crippen molar-refractivity contribution >= 4 is 33.5 Å². The predicted octanol–water partition coefficient (Wildman–Crippen LogP) is 3.65. The van der Waals surface area contributed by atoms with Crippen molar-refractivity contribution < 1.29 is 23.8 Å². The molecule has 2 aromatic rings. The fraction of sp³-hybridized carbons (Fsp3) is 0.222. The SMILES string of the molecule is COc1cccc(OC)c1C(=O)OC(C)C(=O)Nc1ccc(Br)cc1. The van der Waals surface area contributed by atoms with Crippen LogP contribution in [0.3, 0.4) is 0 Å². The molecule has 0 radical (unpaired) electrons. The molecule has 0 bridgehead atoms. The largest absolute Gasteiger partial charge is 0.496 e. The van der Waals surface area contributed by atoms with Crippen molar-refractivity contribution in [1.82, 2.24) is 0 Å². The van der Waals surface area contributed by atoms with Gasteiger partial charge in [-0.1, -0.05) is 22.0 Å². The van der Waals surface area contributed by atoms with E-state index in [4.69, 9.17) is 14.2 Å². The van der Waals surface area contributed by atoms with Crippen LogP contribution in [0.5, 0.6) is 11.5 Å². The van der Waals surface area contributed by atoms with Crippen molar-refractivity contribution in [1.29, 1.82) is 0 Å². The number of methoxy groups -OCH3 is 2. The highest BCUT2D eigenvalue weighted by atomic mass is 79.9. The molecule has 0 fully saturated rings. The number of benzene rings is 2. The zero-order valence-electron chi connectivity index (χ0n) is 14.0.